The van der Waals surface area contributed by atoms with Crippen LogP contribution in [0.1, 0.15) is 22.3 Å². The number of benzene rings is 2. The summed E-state index contributed by atoms with van der Waals surface area (Å²) in [4.78, 5) is 35.2. The number of aromatic nitrogens is 2. The Kier molecular flexibility index (Phi) is 4.73. The molecule has 1 fully saturated rings. The number of halogens is 1. The Morgan fingerprint density at radius 2 is 1.96 bits per heavy atom. The number of hydrogen-bond acceptors (Lipinski definition) is 4. The molecular weight excluding hydrogens is 364 g/mol. The van der Waals surface area contributed by atoms with Crippen LogP contribution in [-0.2, 0) is 11.3 Å². The smallest absolute Gasteiger partial charge is 0.253 e. The average molecular weight is 381 g/mol. The third-order valence-corrected chi connectivity index (χ3v) is 4.98. The van der Waals surface area contributed by atoms with E-state index in [1.807, 2.05) is 24.3 Å². The Morgan fingerprint density at radius 3 is 2.81 bits per heavy atom. The van der Waals surface area contributed by atoms with Crippen molar-refractivity contribution in [2.75, 3.05) is 6.54 Å². The summed E-state index contributed by atoms with van der Waals surface area (Å²) in [7, 11) is 0. The van der Waals surface area contributed by atoms with Gasteiger partial charge in [0.1, 0.15) is 5.52 Å². The molecule has 0 unspecified atom stereocenters. The summed E-state index contributed by atoms with van der Waals surface area (Å²) in [6.45, 7) is 0.886. The van der Waals surface area contributed by atoms with Gasteiger partial charge in [-0.3, -0.25) is 19.6 Å². The van der Waals surface area contributed by atoms with Gasteiger partial charge in [0, 0.05) is 36.9 Å². The molecule has 1 aliphatic heterocycles. The van der Waals surface area contributed by atoms with Crippen molar-refractivity contribution in [2.24, 2.45) is 0 Å². The van der Waals surface area contributed by atoms with Crippen LogP contribution < -0.4 is 5.32 Å². The van der Waals surface area contributed by atoms with Crippen LogP contribution >= 0.6 is 11.6 Å². The summed E-state index contributed by atoms with van der Waals surface area (Å²) in [5.41, 5.74) is 2.56. The molecule has 1 aromatic heterocycles. The molecule has 0 spiro atoms. The predicted molar refractivity (Wildman–Crippen MR) is 102 cm³/mol. The van der Waals surface area contributed by atoms with Crippen LogP contribution in [0, 0.1) is 0 Å². The highest BCUT2D eigenvalue weighted by molar-refractivity contribution is 6.31. The monoisotopic (exact) mass is 380 g/mol. The minimum absolute atomic E-state index is 0.00192. The van der Waals surface area contributed by atoms with Crippen molar-refractivity contribution in [1.82, 2.24) is 20.2 Å². The second-order valence-corrected chi connectivity index (χ2v) is 6.88. The minimum Gasteiger partial charge on any atom is -0.347 e. The van der Waals surface area contributed by atoms with Crippen LogP contribution in [-0.4, -0.2) is 39.3 Å². The van der Waals surface area contributed by atoms with Crippen LogP contribution in [0.2, 0.25) is 5.02 Å². The molecule has 2 amide bonds. The van der Waals surface area contributed by atoms with Crippen molar-refractivity contribution in [1.29, 1.82) is 0 Å². The molecule has 0 aliphatic carbocycles. The number of nitrogens with one attached hydrogen (secondary N) is 1. The van der Waals surface area contributed by atoms with Crippen LogP contribution in [0.15, 0.2) is 54.9 Å². The van der Waals surface area contributed by atoms with E-state index in [0.29, 0.717) is 34.7 Å². The maximum absolute atomic E-state index is 12.7. The van der Waals surface area contributed by atoms with Crippen molar-refractivity contribution in [3.63, 3.8) is 0 Å². The third kappa shape index (κ3) is 3.61. The van der Waals surface area contributed by atoms with E-state index in [1.54, 1.807) is 35.5 Å². The Balaban J connectivity index is 1.46. The topological polar surface area (TPSA) is 75.2 Å². The van der Waals surface area contributed by atoms with E-state index in [2.05, 4.69) is 15.3 Å². The number of para-hydroxylation sites is 1. The lowest BCUT2D eigenvalue weighted by atomic mass is 10.1. The molecule has 27 heavy (non-hydrogen) atoms. The standard InChI is InChI=1S/C20H17ClN4O2/c21-16-6-2-1-4-13(16)11-25-12-14(10-18(25)26)24-20(27)15-5-3-7-17-19(15)23-9-8-22-17/h1-9,14H,10-12H2,(H,24,27)/t14-/m1/s1. The van der Waals surface area contributed by atoms with Gasteiger partial charge in [-0.2, -0.15) is 0 Å². The molecule has 2 heterocycles. The summed E-state index contributed by atoms with van der Waals surface area (Å²) < 4.78 is 0. The van der Waals surface area contributed by atoms with Crippen molar-refractivity contribution in [2.45, 2.75) is 19.0 Å². The van der Waals surface area contributed by atoms with Gasteiger partial charge < -0.3 is 10.2 Å². The van der Waals surface area contributed by atoms with Crippen LogP contribution in [0.4, 0.5) is 0 Å². The molecule has 1 aliphatic rings. The maximum Gasteiger partial charge on any atom is 0.253 e. The third-order valence-electron chi connectivity index (χ3n) is 4.61. The molecule has 1 N–H and O–H groups in total. The molecule has 1 atom stereocenters. The molecule has 1 saturated heterocycles. The Bertz CT molecular complexity index is 1020. The second kappa shape index (κ2) is 7.32. The van der Waals surface area contributed by atoms with Crippen molar-refractivity contribution < 1.29 is 9.59 Å². The SMILES string of the molecule is O=C(N[C@@H]1CC(=O)N(Cc2ccccc2Cl)C1)c1cccc2nccnc12. The van der Waals surface area contributed by atoms with E-state index in [4.69, 9.17) is 11.6 Å². The van der Waals surface area contributed by atoms with Crippen molar-refractivity contribution in [3.05, 3.63) is 71.0 Å². The van der Waals surface area contributed by atoms with Crippen LogP contribution in [0.3, 0.4) is 0 Å². The first-order chi connectivity index (χ1) is 13.1. The normalized spacial score (nSPS) is 16.7. The van der Waals surface area contributed by atoms with Gasteiger partial charge in [0.2, 0.25) is 5.91 Å². The Hall–Kier alpha value is -2.99. The van der Waals surface area contributed by atoms with Crippen molar-refractivity contribution >= 4 is 34.4 Å². The molecule has 3 aromatic rings. The summed E-state index contributed by atoms with van der Waals surface area (Å²) in [5.74, 6) is -0.253. The van der Waals surface area contributed by atoms with E-state index in [-0.39, 0.29) is 24.3 Å². The number of carbonyl (C=O) groups is 2. The summed E-state index contributed by atoms with van der Waals surface area (Å²) in [5, 5.41) is 3.58. The lowest BCUT2D eigenvalue weighted by Gasteiger charge is -2.18. The first-order valence-electron chi connectivity index (χ1n) is 8.63. The molecule has 7 heteroatoms. The van der Waals surface area contributed by atoms with Gasteiger partial charge in [0.15, 0.2) is 0 Å². The lowest BCUT2D eigenvalue weighted by molar-refractivity contribution is -0.128. The predicted octanol–water partition coefficient (Wildman–Crippen LogP) is 2.81. The number of hydrogen-bond donors (Lipinski definition) is 1. The van der Waals surface area contributed by atoms with Gasteiger partial charge >= 0.3 is 0 Å². The van der Waals surface area contributed by atoms with Gasteiger partial charge in [-0.05, 0) is 23.8 Å². The molecule has 6 nitrogen and oxygen atoms in total. The fourth-order valence-corrected chi connectivity index (χ4v) is 3.49. The van der Waals surface area contributed by atoms with Gasteiger partial charge in [-0.1, -0.05) is 35.9 Å². The van der Waals surface area contributed by atoms with Crippen molar-refractivity contribution in [3.8, 4) is 0 Å². The Morgan fingerprint density at radius 1 is 1.15 bits per heavy atom. The molecule has 4 rings (SSSR count). The first-order valence-corrected chi connectivity index (χ1v) is 9.01. The number of fused-ring (bicyclic) bond motifs is 1. The Labute approximate surface area is 161 Å². The number of carbonyl (C=O) groups excluding carboxylic acids is 2. The molecule has 0 bridgehead atoms. The zero-order chi connectivity index (χ0) is 18.8. The summed E-state index contributed by atoms with van der Waals surface area (Å²) >= 11 is 6.19. The number of amides is 2. The number of nitrogens with zero attached hydrogens (tertiary/aromatic N) is 3. The van der Waals surface area contributed by atoms with Crippen LogP contribution in [0.25, 0.3) is 11.0 Å². The van der Waals surface area contributed by atoms with E-state index in [1.165, 1.54) is 0 Å². The van der Waals surface area contributed by atoms with Crippen LogP contribution in [0.5, 0.6) is 0 Å². The highest BCUT2D eigenvalue weighted by Crippen LogP contribution is 2.21. The largest absolute Gasteiger partial charge is 0.347 e. The fourth-order valence-electron chi connectivity index (χ4n) is 3.29. The highest BCUT2D eigenvalue weighted by atomic mass is 35.5. The van der Waals surface area contributed by atoms with E-state index < -0.39 is 0 Å². The van der Waals surface area contributed by atoms with E-state index in [0.717, 1.165) is 5.56 Å². The van der Waals surface area contributed by atoms with E-state index >= 15 is 0 Å². The second-order valence-electron chi connectivity index (χ2n) is 6.47. The van der Waals surface area contributed by atoms with E-state index in [9.17, 15) is 9.59 Å². The highest BCUT2D eigenvalue weighted by Gasteiger charge is 2.31. The van der Waals surface area contributed by atoms with Gasteiger partial charge in [0.05, 0.1) is 17.1 Å². The summed E-state index contributed by atoms with van der Waals surface area (Å²) in [6, 6.07) is 12.5. The minimum atomic E-state index is -0.251. The first kappa shape index (κ1) is 17.4. The zero-order valence-corrected chi connectivity index (χ0v) is 15.2. The molecular formula is C20H17ClN4O2. The fraction of sp³-hybridized carbons (Fsp3) is 0.200. The molecule has 136 valence electrons. The zero-order valence-electron chi connectivity index (χ0n) is 14.4. The summed E-state index contributed by atoms with van der Waals surface area (Å²) in [6.07, 6.45) is 3.42. The molecule has 0 saturated carbocycles. The quantitative estimate of drug-likeness (QED) is 0.755. The molecule has 2 aromatic carbocycles. The number of likely N-dealkylation sites (tertiary alicyclic amines) is 1. The molecule has 0 radical (unpaired) electrons. The van der Waals surface area contributed by atoms with Gasteiger partial charge in [0.25, 0.3) is 5.91 Å². The lowest BCUT2D eigenvalue weighted by Crippen LogP contribution is -2.37. The van der Waals surface area contributed by atoms with Gasteiger partial charge in [-0.25, -0.2) is 0 Å². The number of rotatable bonds is 4. The maximum atomic E-state index is 12.7. The average Bonchev–Trinajstić information content (AvgIpc) is 3.02. The van der Waals surface area contributed by atoms with Gasteiger partial charge in [-0.15, -0.1) is 0 Å².